The third-order valence-corrected chi connectivity index (χ3v) is 3.68. The van der Waals surface area contributed by atoms with Gasteiger partial charge in [-0.3, -0.25) is 4.79 Å². The summed E-state index contributed by atoms with van der Waals surface area (Å²) in [6, 6.07) is 11.2. The number of rotatable bonds is 4. The van der Waals surface area contributed by atoms with Gasteiger partial charge in [0.15, 0.2) is 0 Å². The van der Waals surface area contributed by atoms with Crippen LogP contribution in [0.3, 0.4) is 0 Å². The van der Waals surface area contributed by atoms with Crippen molar-refractivity contribution in [2.45, 2.75) is 20.0 Å². The highest BCUT2D eigenvalue weighted by Gasteiger charge is 2.17. The second-order valence-corrected chi connectivity index (χ2v) is 5.72. The van der Waals surface area contributed by atoms with Crippen LogP contribution in [0.1, 0.15) is 28.5 Å². The molecule has 0 aliphatic heterocycles. The Balaban J connectivity index is 2.17. The number of benzene rings is 1. The highest BCUT2D eigenvalue weighted by molar-refractivity contribution is 9.10. The summed E-state index contributed by atoms with van der Waals surface area (Å²) in [6.45, 7) is 3.21. The molecule has 108 valence electrons. The molecule has 2 aromatic rings. The van der Waals surface area contributed by atoms with Crippen molar-refractivity contribution in [3.63, 3.8) is 0 Å². The van der Waals surface area contributed by atoms with Crippen molar-refractivity contribution in [3.8, 4) is 6.07 Å². The maximum atomic E-state index is 12.5. The Morgan fingerprint density at radius 2 is 2.19 bits per heavy atom. The van der Waals surface area contributed by atoms with Gasteiger partial charge in [-0.05, 0) is 46.6 Å². The summed E-state index contributed by atoms with van der Waals surface area (Å²) in [4.78, 5) is 14.2. The first-order valence-corrected chi connectivity index (χ1v) is 7.44. The fraction of sp³-hybridized carbons (Fsp3) is 0.250. The molecule has 1 aromatic carbocycles. The van der Waals surface area contributed by atoms with Crippen molar-refractivity contribution in [1.29, 1.82) is 5.26 Å². The zero-order chi connectivity index (χ0) is 15.4. The SMILES string of the molecule is CCn1cc(Br)cc1C(=O)N(C)Cc1cccc(C#N)c1. The fourth-order valence-corrected chi connectivity index (χ4v) is 2.66. The molecule has 5 heteroatoms. The van der Waals surface area contributed by atoms with Gasteiger partial charge in [0, 0.05) is 30.8 Å². The first-order chi connectivity index (χ1) is 10.0. The molecule has 0 bridgehead atoms. The fourth-order valence-electron chi connectivity index (χ4n) is 2.20. The van der Waals surface area contributed by atoms with E-state index in [4.69, 9.17) is 5.26 Å². The third-order valence-electron chi connectivity index (χ3n) is 3.25. The lowest BCUT2D eigenvalue weighted by Crippen LogP contribution is -2.28. The second-order valence-electron chi connectivity index (χ2n) is 4.80. The van der Waals surface area contributed by atoms with Gasteiger partial charge in [-0.2, -0.15) is 5.26 Å². The summed E-state index contributed by atoms with van der Waals surface area (Å²) in [5.74, 6) is -0.0371. The molecule has 0 unspecified atom stereocenters. The predicted molar refractivity (Wildman–Crippen MR) is 84.8 cm³/mol. The molecule has 1 heterocycles. The molecule has 0 aliphatic rings. The number of aryl methyl sites for hydroxylation is 1. The maximum Gasteiger partial charge on any atom is 0.270 e. The number of hydrogen-bond acceptors (Lipinski definition) is 2. The van der Waals surface area contributed by atoms with E-state index in [0.29, 0.717) is 17.8 Å². The van der Waals surface area contributed by atoms with Crippen LogP contribution in [-0.4, -0.2) is 22.4 Å². The van der Waals surface area contributed by atoms with Gasteiger partial charge < -0.3 is 9.47 Å². The molecular weight excluding hydrogens is 330 g/mol. The quantitative estimate of drug-likeness (QED) is 0.852. The van der Waals surface area contributed by atoms with E-state index in [1.165, 1.54) is 0 Å². The van der Waals surface area contributed by atoms with E-state index in [0.717, 1.165) is 16.6 Å². The van der Waals surface area contributed by atoms with Gasteiger partial charge in [-0.25, -0.2) is 0 Å². The Bertz CT molecular complexity index is 700. The number of aromatic nitrogens is 1. The molecule has 0 fully saturated rings. The number of nitrogens with zero attached hydrogens (tertiary/aromatic N) is 3. The summed E-state index contributed by atoms with van der Waals surface area (Å²) in [5.41, 5.74) is 2.20. The highest BCUT2D eigenvalue weighted by Crippen LogP contribution is 2.17. The van der Waals surface area contributed by atoms with Crippen molar-refractivity contribution in [3.05, 3.63) is 57.8 Å². The van der Waals surface area contributed by atoms with E-state index in [9.17, 15) is 4.79 Å². The van der Waals surface area contributed by atoms with Crippen molar-refractivity contribution in [1.82, 2.24) is 9.47 Å². The number of carbonyl (C=O) groups is 1. The van der Waals surface area contributed by atoms with Crippen LogP contribution >= 0.6 is 15.9 Å². The van der Waals surface area contributed by atoms with Crippen LogP contribution in [-0.2, 0) is 13.1 Å². The minimum Gasteiger partial charge on any atom is -0.343 e. The van der Waals surface area contributed by atoms with E-state index < -0.39 is 0 Å². The van der Waals surface area contributed by atoms with Crippen molar-refractivity contribution in [2.24, 2.45) is 0 Å². The van der Waals surface area contributed by atoms with Gasteiger partial charge in [-0.15, -0.1) is 0 Å². The molecule has 21 heavy (non-hydrogen) atoms. The molecule has 1 amide bonds. The molecule has 0 spiro atoms. The lowest BCUT2D eigenvalue weighted by molar-refractivity contribution is 0.0774. The molecule has 0 aliphatic carbocycles. The van der Waals surface area contributed by atoms with Crippen LogP contribution in [0.4, 0.5) is 0 Å². The summed E-state index contributed by atoms with van der Waals surface area (Å²) in [7, 11) is 1.77. The lowest BCUT2D eigenvalue weighted by Gasteiger charge is -2.18. The molecule has 0 radical (unpaired) electrons. The summed E-state index contributed by atoms with van der Waals surface area (Å²) in [5, 5.41) is 8.92. The van der Waals surface area contributed by atoms with Crippen LogP contribution in [0.25, 0.3) is 0 Å². The molecule has 2 rings (SSSR count). The predicted octanol–water partition coefficient (Wildman–Crippen LogP) is 3.41. The second kappa shape index (κ2) is 6.59. The molecule has 0 saturated heterocycles. The van der Waals surface area contributed by atoms with Crippen molar-refractivity contribution in [2.75, 3.05) is 7.05 Å². The van der Waals surface area contributed by atoms with E-state index in [1.54, 1.807) is 24.1 Å². The summed E-state index contributed by atoms with van der Waals surface area (Å²) >= 11 is 3.40. The summed E-state index contributed by atoms with van der Waals surface area (Å²) < 4.78 is 2.81. The smallest absolute Gasteiger partial charge is 0.270 e. The molecule has 1 aromatic heterocycles. The average molecular weight is 346 g/mol. The molecule has 0 atom stereocenters. The topological polar surface area (TPSA) is 49.0 Å². The van der Waals surface area contributed by atoms with Gasteiger partial charge in [0.25, 0.3) is 5.91 Å². The number of carbonyl (C=O) groups excluding carboxylic acids is 1. The normalized spacial score (nSPS) is 10.2. The molecule has 0 N–H and O–H groups in total. The minimum atomic E-state index is -0.0371. The van der Waals surface area contributed by atoms with Crippen LogP contribution in [0.15, 0.2) is 41.0 Å². The Hall–Kier alpha value is -2.06. The Labute approximate surface area is 132 Å². The Kier molecular flexibility index (Phi) is 4.81. The van der Waals surface area contributed by atoms with Crippen LogP contribution in [0.2, 0.25) is 0 Å². The monoisotopic (exact) mass is 345 g/mol. The highest BCUT2D eigenvalue weighted by atomic mass is 79.9. The zero-order valence-electron chi connectivity index (χ0n) is 12.0. The van der Waals surface area contributed by atoms with Crippen LogP contribution in [0.5, 0.6) is 0 Å². The number of halogens is 1. The van der Waals surface area contributed by atoms with Gasteiger partial charge >= 0.3 is 0 Å². The largest absolute Gasteiger partial charge is 0.343 e. The molecular formula is C16H16BrN3O. The third kappa shape index (κ3) is 3.53. The lowest BCUT2D eigenvalue weighted by atomic mass is 10.1. The van der Waals surface area contributed by atoms with E-state index in [2.05, 4.69) is 22.0 Å². The Morgan fingerprint density at radius 1 is 1.43 bits per heavy atom. The van der Waals surface area contributed by atoms with Crippen LogP contribution < -0.4 is 0 Å². The molecule has 4 nitrogen and oxygen atoms in total. The summed E-state index contributed by atoms with van der Waals surface area (Å²) in [6.07, 6.45) is 1.90. The van der Waals surface area contributed by atoms with Gasteiger partial charge in [0.2, 0.25) is 0 Å². The first kappa shape index (κ1) is 15.3. The van der Waals surface area contributed by atoms with E-state index in [-0.39, 0.29) is 5.91 Å². The van der Waals surface area contributed by atoms with Crippen molar-refractivity contribution < 1.29 is 4.79 Å². The first-order valence-electron chi connectivity index (χ1n) is 6.65. The van der Waals surface area contributed by atoms with E-state index in [1.807, 2.05) is 35.9 Å². The van der Waals surface area contributed by atoms with Crippen molar-refractivity contribution >= 4 is 21.8 Å². The van der Waals surface area contributed by atoms with Gasteiger partial charge in [-0.1, -0.05) is 12.1 Å². The number of amides is 1. The van der Waals surface area contributed by atoms with E-state index >= 15 is 0 Å². The zero-order valence-corrected chi connectivity index (χ0v) is 13.6. The van der Waals surface area contributed by atoms with Crippen LogP contribution in [0, 0.1) is 11.3 Å². The number of nitriles is 1. The molecule has 0 saturated carbocycles. The minimum absolute atomic E-state index is 0.0371. The maximum absolute atomic E-state index is 12.5. The number of hydrogen-bond donors (Lipinski definition) is 0. The standard InChI is InChI=1S/C16H16BrN3O/c1-3-20-11-14(17)8-15(20)16(21)19(2)10-13-6-4-5-12(7-13)9-18/h4-8,11H,3,10H2,1-2H3. The Morgan fingerprint density at radius 3 is 2.86 bits per heavy atom. The van der Waals surface area contributed by atoms with Gasteiger partial charge in [0.05, 0.1) is 11.6 Å². The average Bonchev–Trinajstić information content (AvgIpc) is 2.87. The van der Waals surface area contributed by atoms with Gasteiger partial charge in [0.1, 0.15) is 5.69 Å².